The number of aliphatic carboxylic acids is 1. The Bertz CT molecular complexity index is 1060. The SMILES string of the molecule is CN(C(=O)c1ccc(F)cc1)C1CSc2c(c3ccccc3n2CC(=O)O)C1. The van der Waals surface area contributed by atoms with Gasteiger partial charge in [0.1, 0.15) is 12.4 Å². The molecule has 0 spiro atoms. The Hall–Kier alpha value is -2.80. The third-order valence-electron chi connectivity index (χ3n) is 5.13. The van der Waals surface area contributed by atoms with Crippen molar-refractivity contribution in [2.75, 3.05) is 12.8 Å². The van der Waals surface area contributed by atoms with Crippen LogP contribution < -0.4 is 0 Å². The van der Waals surface area contributed by atoms with Gasteiger partial charge >= 0.3 is 5.97 Å². The maximum absolute atomic E-state index is 13.1. The summed E-state index contributed by atoms with van der Waals surface area (Å²) in [7, 11) is 1.76. The lowest BCUT2D eigenvalue weighted by Crippen LogP contribution is -2.41. The molecule has 2 heterocycles. The summed E-state index contributed by atoms with van der Waals surface area (Å²) in [5.74, 6) is -0.728. The molecule has 0 bridgehead atoms. The number of carboxylic acid groups (broad SMARTS) is 1. The summed E-state index contributed by atoms with van der Waals surface area (Å²) in [6.07, 6.45) is 0.652. The van der Waals surface area contributed by atoms with Crippen molar-refractivity contribution in [1.29, 1.82) is 0 Å². The first-order chi connectivity index (χ1) is 13.5. The van der Waals surface area contributed by atoms with E-state index in [2.05, 4.69) is 0 Å². The number of amides is 1. The fraction of sp³-hybridized carbons (Fsp3) is 0.238. The Morgan fingerprint density at radius 2 is 1.93 bits per heavy atom. The van der Waals surface area contributed by atoms with E-state index in [1.807, 2.05) is 28.8 Å². The van der Waals surface area contributed by atoms with Crippen LogP contribution in [0.15, 0.2) is 53.6 Å². The van der Waals surface area contributed by atoms with Crippen LogP contribution in [-0.2, 0) is 17.8 Å². The number of carboxylic acids is 1. The zero-order chi connectivity index (χ0) is 19.8. The van der Waals surface area contributed by atoms with Crippen LogP contribution in [0.4, 0.5) is 4.39 Å². The zero-order valence-corrected chi connectivity index (χ0v) is 16.1. The summed E-state index contributed by atoms with van der Waals surface area (Å²) in [4.78, 5) is 25.8. The number of halogens is 1. The summed E-state index contributed by atoms with van der Waals surface area (Å²) < 4.78 is 15.0. The minimum absolute atomic E-state index is 0.0286. The molecule has 1 amide bonds. The Kier molecular flexibility index (Phi) is 4.85. The normalized spacial score (nSPS) is 16.0. The number of para-hydroxylation sites is 1. The maximum atomic E-state index is 13.1. The van der Waals surface area contributed by atoms with Gasteiger partial charge in [-0.3, -0.25) is 9.59 Å². The van der Waals surface area contributed by atoms with Crippen LogP contribution in [0.1, 0.15) is 15.9 Å². The Morgan fingerprint density at radius 1 is 1.21 bits per heavy atom. The molecule has 1 aliphatic rings. The van der Waals surface area contributed by atoms with Gasteiger partial charge in [0.15, 0.2) is 0 Å². The lowest BCUT2D eigenvalue weighted by atomic mass is 10.0. The highest BCUT2D eigenvalue weighted by Gasteiger charge is 2.30. The molecule has 0 saturated carbocycles. The average Bonchev–Trinajstić information content (AvgIpc) is 3.00. The molecule has 0 fully saturated rings. The number of carbonyl (C=O) groups is 2. The fourth-order valence-corrected chi connectivity index (χ4v) is 5.06. The minimum atomic E-state index is -0.880. The highest BCUT2D eigenvalue weighted by molar-refractivity contribution is 7.99. The van der Waals surface area contributed by atoms with E-state index in [1.165, 1.54) is 24.3 Å². The second-order valence-electron chi connectivity index (χ2n) is 6.87. The lowest BCUT2D eigenvalue weighted by molar-refractivity contribution is -0.137. The molecule has 1 aromatic heterocycles. The second kappa shape index (κ2) is 7.31. The van der Waals surface area contributed by atoms with Crippen LogP contribution in [-0.4, -0.2) is 45.3 Å². The van der Waals surface area contributed by atoms with E-state index in [0.29, 0.717) is 17.7 Å². The van der Waals surface area contributed by atoms with E-state index in [0.717, 1.165) is 21.5 Å². The lowest BCUT2D eigenvalue weighted by Gasteiger charge is -2.31. The van der Waals surface area contributed by atoms with Crippen LogP contribution in [0.25, 0.3) is 10.9 Å². The molecule has 2 aromatic carbocycles. The van der Waals surface area contributed by atoms with Crippen molar-refractivity contribution < 1.29 is 19.1 Å². The van der Waals surface area contributed by atoms with Crippen LogP contribution in [0.5, 0.6) is 0 Å². The first-order valence-corrected chi connectivity index (χ1v) is 9.91. The minimum Gasteiger partial charge on any atom is -0.480 e. The number of hydrogen-bond acceptors (Lipinski definition) is 3. The summed E-state index contributed by atoms with van der Waals surface area (Å²) in [5.41, 5.74) is 2.43. The van der Waals surface area contributed by atoms with Gasteiger partial charge in [-0.05, 0) is 42.3 Å². The number of aromatic nitrogens is 1. The molecule has 5 nitrogen and oxygen atoms in total. The molecule has 3 aromatic rings. The van der Waals surface area contributed by atoms with Gasteiger partial charge in [0, 0.05) is 35.3 Å². The molecular weight excluding hydrogens is 379 g/mol. The molecule has 4 rings (SSSR count). The molecular formula is C21H19FN2O3S. The molecule has 0 radical (unpaired) electrons. The second-order valence-corrected chi connectivity index (χ2v) is 7.88. The van der Waals surface area contributed by atoms with Crippen molar-refractivity contribution in [2.24, 2.45) is 0 Å². The summed E-state index contributed by atoms with van der Waals surface area (Å²) in [6, 6.07) is 13.3. The summed E-state index contributed by atoms with van der Waals surface area (Å²) in [5, 5.41) is 11.3. The molecule has 1 atom stereocenters. The highest BCUT2D eigenvalue weighted by atomic mass is 32.2. The average molecular weight is 398 g/mol. The first kappa shape index (κ1) is 18.6. The first-order valence-electron chi connectivity index (χ1n) is 8.93. The Morgan fingerprint density at radius 3 is 2.64 bits per heavy atom. The number of likely N-dealkylation sites (N-methyl/N-ethyl adjacent to an activating group) is 1. The van der Waals surface area contributed by atoms with E-state index in [9.17, 15) is 19.1 Å². The number of rotatable bonds is 4. The van der Waals surface area contributed by atoms with Gasteiger partial charge in [-0.1, -0.05) is 18.2 Å². The number of fused-ring (bicyclic) bond motifs is 3. The van der Waals surface area contributed by atoms with E-state index in [4.69, 9.17) is 0 Å². The molecule has 0 aliphatic carbocycles. The molecule has 1 N–H and O–H groups in total. The Balaban J connectivity index is 1.65. The van der Waals surface area contributed by atoms with Crippen LogP contribution in [0.2, 0.25) is 0 Å². The highest BCUT2D eigenvalue weighted by Crippen LogP contribution is 2.39. The van der Waals surface area contributed by atoms with Gasteiger partial charge in [0.25, 0.3) is 5.91 Å². The molecule has 0 saturated heterocycles. The van der Waals surface area contributed by atoms with Crippen molar-refractivity contribution in [3.05, 3.63) is 65.5 Å². The van der Waals surface area contributed by atoms with Crippen LogP contribution >= 0.6 is 11.8 Å². The molecule has 1 aliphatic heterocycles. The van der Waals surface area contributed by atoms with E-state index in [1.54, 1.807) is 23.7 Å². The van der Waals surface area contributed by atoms with Crippen molar-refractivity contribution in [1.82, 2.24) is 9.47 Å². The molecule has 144 valence electrons. The number of hydrogen-bond donors (Lipinski definition) is 1. The molecule has 7 heteroatoms. The number of thioether (sulfide) groups is 1. The fourth-order valence-electron chi connectivity index (χ4n) is 3.69. The quantitative estimate of drug-likeness (QED) is 0.729. The van der Waals surface area contributed by atoms with Crippen molar-refractivity contribution >= 4 is 34.5 Å². The van der Waals surface area contributed by atoms with E-state index in [-0.39, 0.29) is 24.3 Å². The van der Waals surface area contributed by atoms with Gasteiger partial charge in [0.05, 0.1) is 5.03 Å². The summed E-state index contributed by atoms with van der Waals surface area (Å²) >= 11 is 1.58. The van der Waals surface area contributed by atoms with Crippen molar-refractivity contribution in [3.63, 3.8) is 0 Å². The maximum Gasteiger partial charge on any atom is 0.323 e. The number of carbonyl (C=O) groups excluding carboxylic acids is 1. The van der Waals surface area contributed by atoms with Crippen molar-refractivity contribution in [2.45, 2.75) is 24.0 Å². The standard InChI is InChI=1S/C21H19FN2O3S/c1-23(20(27)13-6-8-14(22)9-7-13)15-10-17-16-4-2-3-5-18(16)24(11-19(25)26)21(17)28-12-15/h2-9,15H,10-12H2,1H3,(H,25,26). The van der Waals surface area contributed by atoms with Crippen molar-refractivity contribution in [3.8, 4) is 0 Å². The van der Waals surface area contributed by atoms with Gasteiger partial charge in [-0.15, -0.1) is 11.8 Å². The molecule has 1 unspecified atom stereocenters. The number of nitrogens with zero attached hydrogens (tertiary/aromatic N) is 2. The third kappa shape index (κ3) is 3.26. The topological polar surface area (TPSA) is 62.5 Å². The van der Waals surface area contributed by atoms with E-state index < -0.39 is 5.97 Å². The Labute approximate surface area is 165 Å². The third-order valence-corrected chi connectivity index (χ3v) is 6.42. The van der Waals surface area contributed by atoms with Gasteiger partial charge < -0.3 is 14.6 Å². The van der Waals surface area contributed by atoms with Gasteiger partial charge in [-0.25, -0.2) is 4.39 Å². The van der Waals surface area contributed by atoms with E-state index >= 15 is 0 Å². The van der Waals surface area contributed by atoms with Crippen LogP contribution in [0, 0.1) is 5.82 Å². The molecule has 28 heavy (non-hydrogen) atoms. The zero-order valence-electron chi connectivity index (χ0n) is 15.3. The monoisotopic (exact) mass is 398 g/mol. The predicted molar refractivity (Wildman–Crippen MR) is 106 cm³/mol. The smallest absolute Gasteiger partial charge is 0.323 e. The van der Waals surface area contributed by atoms with Gasteiger partial charge in [-0.2, -0.15) is 0 Å². The summed E-state index contributed by atoms with van der Waals surface area (Å²) in [6.45, 7) is -0.0855. The van der Waals surface area contributed by atoms with Gasteiger partial charge in [0.2, 0.25) is 0 Å². The predicted octanol–water partition coefficient (Wildman–Crippen LogP) is 3.65. The number of benzene rings is 2. The van der Waals surface area contributed by atoms with Crippen LogP contribution in [0.3, 0.4) is 0 Å². The largest absolute Gasteiger partial charge is 0.480 e.